The first kappa shape index (κ1) is 19.6. The molecule has 1 N–H and O–H groups in total. The van der Waals surface area contributed by atoms with Gasteiger partial charge in [0.1, 0.15) is 0 Å². The van der Waals surface area contributed by atoms with E-state index >= 15 is 0 Å². The molecule has 0 aliphatic carbocycles. The Hall–Kier alpha value is -2.18. The number of rotatable bonds is 7. The Morgan fingerprint density at radius 1 is 1.07 bits per heavy atom. The summed E-state index contributed by atoms with van der Waals surface area (Å²) in [6.07, 6.45) is 1.89. The van der Waals surface area contributed by atoms with Crippen molar-refractivity contribution in [2.45, 2.75) is 25.8 Å². The Balaban J connectivity index is 1.36. The number of piperazine rings is 1. The van der Waals surface area contributed by atoms with E-state index < -0.39 is 0 Å². The smallest absolute Gasteiger partial charge is 0.264 e. The van der Waals surface area contributed by atoms with E-state index in [2.05, 4.69) is 29.3 Å². The maximum absolute atomic E-state index is 12.4. The van der Waals surface area contributed by atoms with Crippen molar-refractivity contribution in [3.05, 3.63) is 58.3 Å². The first-order chi connectivity index (χ1) is 13.1. The highest BCUT2D eigenvalue weighted by Crippen LogP contribution is 2.13. The Labute approximate surface area is 165 Å². The molecule has 6 heteroatoms. The summed E-state index contributed by atoms with van der Waals surface area (Å²) in [5.41, 5.74) is 1.30. The van der Waals surface area contributed by atoms with E-state index in [0.717, 1.165) is 30.8 Å². The molecule has 2 heterocycles. The zero-order valence-corrected chi connectivity index (χ0v) is 16.6. The number of carbonyl (C=O) groups excluding carboxylic acids is 2. The molecule has 1 aromatic carbocycles. The van der Waals surface area contributed by atoms with Crippen LogP contribution in [0.4, 0.5) is 0 Å². The van der Waals surface area contributed by atoms with E-state index in [1.165, 1.54) is 16.9 Å². The first-order valence-corrected chi connectivity index (χ1v) is 10.4. The van der Waals surface area contributed by atoms with Gasteiger partial charge >= 0.3 is 0 Å². The van der Waals surface area contributed by atoms with Crippen LogP contribution in [-0.4, -0.2) is 60.4 Å². The lowest BCUT2D eigenvalue weighted by Crippen LogP contribution is -2.51. The normalized spacial score (nSPS) is 16.1. The first-order valence-electron chi connectivity index (χ1n) is 9.50. The lowest BCUT2D eigenvalue weighted by atomic mass is 10.1. The fourth-order valence-corrected chi connectivity index (χ4v) is 3.98. The molecule has 1 aliphatic heterocycles. The molecular weight excluding hydrogens is 358 g/mol. The van der Waals surface area contributed by atoms with E-state index in [1.54, 1.807) is 0 Å². The highest BCUT2D eigenvalue weighted by atomic mass is 32.1. The second kappa shape index (κ2) is 9.67. The van der Waals surface area contributed by atoms with Gasteiger partial charge in [-0.2, -0.15) is 0 Å². The molecule has 0 spiro atoms. The number of carbonyl (C=O) groups is 2. The number of hydrogen-bond donors (Lipinski definition) is 1. The Bertz CT molecular complexity index is 725. The van der Waals surface area contributed by atoms with Gasteiger partial charge in [0.15, 0.2) is 0 Å². The fraction of sp³-hybridized carbons (Fsp3) is 0.429. The quantitative estimate of drug-likeness (QED) is 0.797. The molecule has 5 nitrogen and oxygen atoms in total. The zero-order valence-electron chi connectivity index (χ0n) is 15.8. The second-order valence-corrected chi connectivity index (χ2v) is 7.99. The van der Waals surface area contributed by atoms with E-state index in [4.69, 9.17) is 0 Å². The largest absolute Gasteiger partial charge is 0.353 e. The third kappa shape index (κ3) is 5.91. The molecule has 2 aromatic rings. The molecule has 2 amide bonds. The Morgan fingerprint density at radius 3 is 2.48 bits per heavy atom. The molecule has 1 aromatic heterocycles. The number of nitrogens with one attached hydrogen (secondary N) is 1. The third-order valence-corrected chi connectivity index (χ3v) is 5.73. The molecule has 1 atom stereocenters. The zero-order chi connectivity index (χ0) is 19.1. The molecule has 1 unspecified atom stereocenters. The van der Waals surface area contributed by atoms with Crippen LogP contribution in [-0.2, 0) is 11.2 Å². The molecule has 1 aliphatic rings. The van der Waals surface area contributed by atoms with Crippen molar-refractivity contribution in [1.82, 2.24) is 15.1 Å². The SMILES string of the molecule is CC(CCc1ccccc1)NC(=O)CN1CCN(C(=O)c2cccs2)CC1. The maximum atomic E-state index is 12.4. The topological polar surface area (TPSA) is 52.7 Å². The summed E-state index contributed by atoms with van der Waals surface area (Å²) in [6.45, 7) is 5.28. The van der Waals surface area contributed by atoms with Gasteiger partial charge in [0.05, 0.1) is 11.4 Å². The van der Waals surface area contributed by atoms with Gasteiger partial charge in [0.2, 0.25) is 5.91 Å². The predicted molar refractivity (Wildman–Crippen MR) is 109 cm³/mol. The lowest BCUT2D eigenvalue weighted by molar-refractivity contribution is -0.123. The molecule has 3 rings (SSSR count). The van der Waals surface area contributed by atoms with Crippen LogP contribution < -0.4 is 5.32 Å². The molecule has 27 heavy (non-hydrogen) atoms. The van der Waals surface area contributed by atoms with E-state index in [9.17, 15) is 9.59 Å². The number of benzene rings is 1. The molecule has 0 radical (unpaired) electrons. The summed E-state index contributed by atoms with van der Waals surface area (Å²) < 4.78 is 0. The standard InChI is InChI=1S/C21H27N3O2S/c1-17(9-10-18-6-3-2-4-7-18)22-20(25)16-23-11-13-24(14-12-23)21(26)19-8-5-15-27-19/h2-8,15,17H,9-14,16H2,1H3,(H,22,25). The number of nitrogens with zero attached hydrogens (tertiary/aromatic N) is 2. The van der Waals surface area contributed by atoms with Crippen molar-refractivity contribution in [2.24, 2.45) is 0 Å². The van der Waals surface area contributed by atoms with Gasteiger partial charge in [0, 0.05) is 32.2 Å². The van der Waals surface area contributed by atoms with Crippen molar-refractivity contribution >= 4 is 23.2 Å². The maximum Gasteiger partial charge on any atom is 0.264 e. The van der Waals surface area contributed by atoms with Crippen LogP contribution in [0.2, 0.25) is 0 Å². The molecular formula is C21H27N3O2S. The Morgan fingerprint density at radius 2 is 1.81 bits per heavy atom. The van der Waals surface area contributed by atoms with Crippen LogP contribution in [0.5, 0.6) is 0 Å². The average molecular weight is 386 g/mol. The van der Waals surface area contributed by atoms with Gasteiger partial charge < -0.3 is 10.2 Å². The second-order valence-electron chi connectivity index (χ2n) is 7.04. The average Bonchev–Trinajstić information content (AvgIpc) is 3.22. The fourth-order valence-electron chi connectivity index (χ4n) is 3.29. The molecule has 0 saturated carbocycles. The van der Waals surface area contributed by atoms with Crippen LogP contribution in [0.3, 0.4) is 0 Å². The van der Waals surface area contributed by atoms with Gasteiger partial charge in [-0.25, -0.2) is 0 Å². The van der Waals surface area contributed by atoms with Gasteiger partial charge in [0.25, 0.3) is 5.91 Å². The Kier molecular flexibility index (Phi) is 7.01. The summed E-state index contributed by atoms with van der Waals surface area (Å²) in [7, 11) is 0. The molecule has 1 fully saturated rings. The summed E-state index contributed by atoms with van der Waals surface area (Å²) in [4.78, 5) is 29.5. The third-order valence-electron chi connectivity index (χ3n) is 4.87. The van der Waals surface area contributed by atoms with Crippen LogP contribution in [0, 0.1) is 0 Å². The number of thiophene rings is 1. The highest BCUT2D eigenvalue weighted by Gasteiger charge is 2.24. The van der Waals surface area contributed by atoms with E-state index in [0.29, 0.717) is 19.6 Å². The van der Waals surface area contributed by atoms with E-state index in [-0.39, 0.29) is 17.9 Å². The summed E-state index contributed by atoms with van der Waals surface area (Å²) in [6, 6.07) is 14.3. The van der Waals surface area contributed by atoms with Crippen molar-refractivity contribution in [1.29, 1.82) is 0 Å². The van der Waals surface area contributed by atoms with Crippen LogP contribution >= 0.6 is 11.3 Å². The van der Waals surface area contributed by atoms with Gasteiger partial charge in [-0.1, -0.05) is 36.4 Å². The predicted octanol–water partition coefficient (Wildman–Crippen LogP) is 2.64. The minimum atomic E-state index is 0.0635. The summed E-state index contributed by atoms with van der Waals surface area (Å²) in [5.74, 6) is 0.164. The van der Waals surface area contributed by atoms with Crippen molar-refractivity contribution < 1.29 is 9.59 Å². The number of hydrogen-bond acceptors (Lipinski definition) is 4. The summed E-state index contributed by atoms with van der Waals surface area (Å²) >= 11 is 1.48. The van der Waals surface area contributed by atoms with E-state index in [1.807, 2.05) is 40.6 Å². The summed E-state index contributed by atoms with van der Waals surface area (Å²) in [5, 5.41) is 5.02. The van der Waals surface area contributed by atoms with Crippen molar-refractivity contribution in [2.75, 3.05) is 32.7 Å². The van der Waals surface area contributed by atoms with Crippen LogP contribution in [0.25, 0.3) is 0 Å². The van der Waals surface area contributed by atoms with Gasteiger partial charge in [-0.05, 0) is 36.8 Å². The van der Waals surface area contributed by atoms with Crippen LogP contribution in [0.15, 0.2) is 47.8 Å². The van der Waals surface area contributed by atoms with Gasteiger partial charge in [-0.15, -0.1) is 11.3 Å². The number of aryl methyl sites for hydroxylation is 1. The number of amides is 2. The highest BCUT2D eigenvalue weighted by molar-refractivity contribution is 7.12. The molecule has 1 saturated heterocycles. The van der Waals surface area contributed by atoms with Crippen LogP contribution in [0.1, 0.15) is 28.6 Å². The molecule has 0 bridgehead atoms. The lowest BCUT2D eigenvalue weighted by Gasteiger charge is -2.34. The minimum absolute atomic E-state index is 0.0635. The van der Waals surface area contributed by atoms with Gasteiger partial charge in [-0.3, -0.25) is 14.5 Å². The van der Waals surface area contributed by atoms with Crippen molar-refractivity contribution in [3.63, 3.8) is 0 Å². The minimum Gasteiger partial charge on any atom is -0.353 e. The molecule has 144 valence electrons. The van der Waals surface area contributed by atoms with Crippen molar-refractivity contribution in [3.8, 4) is 0 Å². The monoisotopic (exact) mass is 385 g/mol.